The Balaban J connectivity index is 1.83. The van der Waals surface area contributed by atoms with Crippen LogP contribution in [0.1, 0.15) is 11.1 Å². The van der Waals surface area contributed by atoms with E-state index in [2.05, 4.69) is 32.1 Å². The number of ether oxygens (including phenoxy) is 1. The third-order valence-electron chi connectivity index (χ3n) is 3.28. The summed E-state index contributed by atoms with van der Waals surface area (Å²) in [4.78, 5) is 5.50. The lowest BCUT2D eigenvalue weighted by atomic mass is 10.1. The molecule has 2 aromatic heterocycles. The van der Waals surface area contributed by atoms with E-state index in [0.717, 1.165) is 23.0 Å². The van der Waals surface area contributed by atoms with Crippen LogP contribution in [0.4, 0.5) is 0 Å². The van der Waals surface area contributed by atoms with Crippen molar-refractivity contribution in [3.8, 4) is 16.4 Å². The zero-order chi connectivity index (χ0) is 12.7. The van der Waals surface area contributed by atoms with E-state index in [4.69, 9.17) is 4.74 Å². The summed E-state index contributed by atoms with van der Waals surface area (Å²) in [5.41, 5.74) is 3.66. The van der Waals surface area contributed by atoms with E-state index >= 15 is 0 Å². The normalized spacial score (nSPS) is 13.7. The smallest absolute Gasteiger partial charge is 0.156 e. The molecule has 94 valence electrons. The maximum absolute atomic E-state index is 5.46. The molecule has 5 heteroatoms. The van der Waals surface area contributed by atoms with Crippen molar-refractivity contribution in [2.24, 2.45) is 0 Å². The van der Waals surface area contributed by atoms with Crippen LogP contribution in [0.25, 0.3) is 16.4 Å². The molecule has 1 aliphatic heterocycles. The van der Waals surface area contributed by atoms with Crippen molar-refractivity contribution in [2.75, 3.05) is 0 Å². The molecule has 0 spiro atoms. The van der Waals surface area contributed by atoms with Crippen molar-refractivity contribution < 1.29 is 4.74 Å². The predicted molar refractivity (Wildman–Crippen MR) is 73.2 cm³/mol. The van der Waals surface area contributed by atoms with Crippen LogP contribution in [0.3, 0.4) is 0 Å². The number of rotatable bonds is 2. The van der Waals surface area contributed by atoms with E-state index in [0.29, 0.717) is 6.61 Å². The molecule has 3 aromatic rings. The molecule has 3 heterocycles. The summed E-state index contributed by atoms with van der Waals surface area (Å²) in [6.07, 6.45) is 5.60. The first-order chi connectivity index (χ1) is 9.42. The topological polar surface area (TPSA) is 39.9 Å². The number of fused-ring (bicyclic) bond motifs is 1. The zero-order valence-corrected chi connectivity index (χ0v) is 10.9. The minimum Gasteiger partial charge on any atom is -0.372 e. The van der Waals surface area contributed by atoms with Gasteiger partial charge in [0.05, 0.1) is 18.1 Å². The minimum atomic E-state index is 0.702. The Kier molecular flexibility index (Phi) is 2.46. The fraction of sp³-hybridized carbons (Fsp3) is 0.143. The highest BCUT2D eigenvalue weighted by Crippen LogP contribution is 2.27. The molecule has 4 nitrogen and oxygen atoms in total. The van der Waals surface area contributed by atoms with E-state index in [1.54, 1.807) is 6.20 Å². The van der Waals surface area contributed by atoms with Gasteiger partial charge in [0.25, 0.3) is 0 Å². The predicted octanol–water partition coefficient (Wildman–Crippen LogP) is 3.03. The Bertz CT molecular complexity index is 718. The van der Waals surface area contributed by atoms with Gasteiger partial charge in [-0.1, -0.05) is 6.07 Å². The summed E-state index contributed by atoms with van der Waals surface area (Å²) in [6.45, 7) is 1.43. The number of hydrogen-bond acceptors (Lipinski definition) is 4. The number of benzene rings is 1. The lowest BCUT2D eigenvalue weighted by Gasteiger charge is -2.08. The fourth-order valence-electron chi connectivity index (χ4n) is 2.33. The maximum atomic E-state index is 5.46. The molecule has 0 amide bonds. The second kappa shape index (κ2) is 4.29. The lowest BCUT2D eigenvalue weighted by Crippen LogP contribution is -1.96. The molecular weight excluding hydrogens is 258 g/mol. The van der Waals surface area contributed by atoms with Crippen LogP contribution in [0.15, 0.2) is 42.9 Å². The van der Waals surface area contributed by atoms with E-state index < -0.39 is 0 Å². The number of imidazole rings is 1. The molecule has 0 N–H and O–H groups in total. The average molecular weight is 269 g/mol. The van der Waals surface area contributed by atoms with Gasteiger partial charge in [0.2, 0.25) is 0 Å². The Labute approximate surface area is 114 Å². The van der Waals surface area contributed by atoms with Crippen molar-refractivity contribution in [1.82, 2.24) is 13.9 Å². The fourth-order valence-corrected chi connectivity index (χ4v) is 2.92. The molecule has 4 rings (SSSR count). The second-order valence-electron chi connectivity index (χ2n) is 4.44. The minimum absolute atomic E-state index is 0.702. The molecule has 0 atom stereocenters. The summed E-state index contributed by atoms with van der Waals surface area (Å²) in [7, 11) is 0. The molecule has 0 aliphatic carbocycles. The van der Waals surface area contributed by atoms with Gasteiger partial charge in [0.1, 0.15) is 0 Å². The lowest BCUT2D eigenvalue weighted by molar-refractivity contribution is 0.134. The van der Waals surface area contributed by atoms with Gasteiger partial charge in [0.15, 0.2) is 5.82 Å². The van der Waals surface area contributed by atoms with Gasteiger partial charge < -0.3 is 4.74 Å². The van der Waals surface area contributed by atoms with Gasteiger partial charge in [-0.25, -0.2) is 9.36 Å². The highest BCUT2D eigenvalue weighted by molar-refractivity contribution is 7.09. The van der Waals surface area contributed by atoms with Gasteiger partial charge >= 0.3 is 0 Å². The van der Waals surface area contributed by atoms with Gasteiger partial charge in [-0.2, -0.15) is 0 Å². The zero-order valence-electron chi connectivity index (χ0n) is 10.1. The largest absolute Gasteiger partial charge is 0.372 e. The van der Waals surface area contributed by atoms with Gasteiger partial charge in [-0.15, -0.1) is 0 Å². The summed E-state index contributed by atoms with van der Waals surface area (Å²) >= 11 is 1.46. The Morgan fingerprint density at radius 2 is 2.05 bits per heavy atom. The number of aromatic nitrogens is 3. The average Bonchev–Trinajstić information content (AvgIpc) is 3.18. The van der Waals surface area contributed by atoms with E-state index in [9.17, 15) is 0 Å². The van der Waals surface area contributed by atoms with Crippen molar-refractivity contribution >= 4 is 11.5 Å². The molecule has 0 saturated heterocycles. The summed E-state index contributed by atoms with van der Waals surface area (Å²) < 4.78 is 11.7. The molecule has 19 heavy (non-hydrogen) atoms. The van der Waals surface area contributed by atoms with Crippen LogP contribution in [0.2, 0.25) is 0 Å². The van der Waals surface area contributed by atoms with E-state index in [-0.39, 0.29) is 0 Å². The molecule has 0 saturated carbocycles. The second-order valence-corrected chi connectivity index (χ2v) is 5.28. The van der Waals surface area contributed by atoms with E-state index in [1.165, 1.54) is 22.7 Å². The molecular formula is C14H11N3OS. The first-order valence-corrected chi connectivity index (χ1v) is 6.83. The number of hydrogen-bond donors (Lipinski definition) is 0. The summed E-state index contributed by atoms with van der Waals surface area (Å²) in [6, 6.07) is 8.41. The monoisotopic (exact) mass is 269 g/mol. The highest BCUT2D eigenvalue weighted by Gasteiger charge is 2.14. The first-order valence-electron chi connectivity index (χ1n) is 6.06. The molecule has 0 bridgehead atoms. The molecule has 1 aliphatic rings. The van der Waals surface area contributed by atoms with Crippen molar-refractivity contribution in [2.45, 2.75) is 13.2 Å². The molecule has 1 aromatic carbocycles. The summed E-state index contributed by atoms with van der Waals surface area (Å²) in [5.74, 6) is 0.932. The molecule has 0 radical (unpaired) electrons. The van der Waals surface area contributed by atoms with Gasteiger partial charge in [-0.05, 0) is 40.9 Å². The van der Waals surface area contributed by atoms with Crippen LogP contribution in [0.5, 0.6) is 0 Å². The van der Waals surface area contributed by atoms with Gasteiger partial charge in [0, 0.05) is 24.3 Å². The number of nitrogens with zero attached hydrogens (tertiary/aromatic N) is 3. The SMILES string of the molecule is c1cc(-c2nccn2-c2ccc3c(c2)COC3)sn1. The van der Waals surface area contributed by atoms with Crippen LogP contribution in [-0.4, -0.2) is 13.9 Å². The van der Waals surface area contributed by atoms with Crippen LogP contribution in [-0.2, 0) is 18.0 Å². The molecule has 0 unspecified atom stereocenters. The Morgan fingerprint density at radius 3 is 2.95 bits per heavy atom. The van der Waals surface area contributed by atoms with Gasteiger partial charge in [-0.3, -0.25) is 4.57 Å². The molecule has 0 fully saturated rings. The van der Waals surface area contributed by atoms with Crippen LogP contribution < -0.4 is 0 Å². The summed E-state index contributed by atoms with van der Waals surface area (Å²) in [5, 5.41) is 0. The maximum Gasteiger partial charge on any atom is 0.156 e. The Hall–Kier alpha value is -1.98. The quantitative estimate of drug-likeness (QED) is 0.718. The Morgan fingerprint density at radius 1 is 1.11 bits per heavy atom. The first kappa shape index (κ1) is 10.9. The van der Waals surface area contributed by atoms with Crippen LogP contribution >= 0.6 is 11.5 Å². The van der Waals surface area contributed by atoms with Crippen molar-refractivity contribution in [3.63, 3.8) is 0 Å². The van der Waals surface area contributed by atoms with Crippen molar-refractivity contribution in [3.05, 3.63) is 54.0 Å². The standard InChI is InChI=1S/C14H11N3OS/c1-2-12(7-11-9-18-8-10(1)11)17-6-5-15-14(17)13-3-4-16-19-13/h1-7H,8-9H2. The van der Waals surface area contributed by atoms with Crippen molar-refractivity contribution in [1.29, 1.82) is 0 Å². The van der Waals surface area contributed by atoms with E-state index in [1.807, 2.05) is 18.5 Å². The third-order valence-corrected chi connectivity index (χ3v) is 4.02. The van der Waals surface area contributed by atoms with Crippen LogP contribution in [0, 0.1) is 0 Å². The highest BCUT2D eigenvalue weighted by atomic mass is 32.1. The third kappa shape index (κ3) is 1.78.